The van der Waals surface area contributed by atoms with Gasteiger partial charge in [-0.25, -0.2) is 0 Å². The molecule has 0 atom stereocenters. The van der Waals surface area contributed by atoms with Gasteiger partial charge in [-0.15, -0.1) is 65.2 Å². The van der Waals surface area contributed by atoms with Crippen LogP contribution in [0.2, 0.25) is 0 Å². The van der Waals surface area contributed by atoms with E-state index in [0.29, 0.717) is 0 Å². The Kier molecular flexibility index (Phi) is 8.35. The van der Waals surface area contributed by atoms with Gasteiger partial charge in [0.1, 0.15) is 0 Å². The number of fused-ring (bicyclic) bond motifs is 3. The third-order valence-electron chi connectivity index (χ3n) is 8.46. The number of nitrogens with zero attached hydrogens (tertiary/aromatic N) is 2. The molecule has 39 heavy (non-hydrogen) atoms. The van der Waals surface area contributed by atoms with Crippen LogP contribution in [0.5, 0.6) is 0 Å². The molecular formula is C36H34IrN2-2. The van der Waals surface area contributed by atoms with E-state index in [4.69, 9.17) is 0 Å². The van der Waals surface area contributed by atoms with Crippen LogP contribution in [-0.4, -0.2) is 9.97 Å². The van der Waals surface area contributed by atoms with Gasteiger partial charge in [0, 0.05) is 32.5 Å². The predicted octanol–water partition coefficient (Wildman–Crippen LogP) is 8.95. The van der Waals surface area contributed by atoms with Crippen molar-refractivity contribution in [2.24, 2.45) is 0 Å². The average Bonchev–Trinajstić information content (AvgIpc) is 2.95. The molecule has 3 heteroatoms. The Morgan fingerprint density at radius 1 is 0.641 bits per heavy atom. The fourth-order valence-corrected chi connectivity index (χ4v) is 5.28. The van der Waals surface area contributed by atoms with E-state index in [0.717, 1.165) is 22.5 Å². The predicted molar refractivity (Wildman–Crippen MR) is 158 cm³/mol. The fraction of sp³-hybridized carbons (Fsp3) is 0.222. The zero-order valence-electron chi connectivity index (χ0n) is 23.5. The quantitative estimate of drug-likeness (QED) is 0.173. The van der Waals surface area contributed by atoms with Crippen LogP contribution in [-0.2, 0) is 30.9 Å². The van der Waals surface area contributed by atoms with Crippen LogP contribution in [0.15, 0.2) is 97.3 Å². The Labute approximate surface area is 246 Å². The van der Waals surface area contributed by atoms with Crippen molar-refractivity contribution in [1.82, 2.24) is 9.97 Å². The molecule has 199 valence electrons. The molecule has 0 unspecified atom stereocenters. The molecule has 2 aromatic heterocycles. The molecule has 0 saturated carbocycles. The summed E-state index contributed by atoms with van der Waals surface area (Å²) in [4.78, 5) is 8.87. The number of aromatic nitrogens is 2. The van der Waals surface area contributed by atoms with Crippen molar-refractivity contribution >= 4 is 0 Å². The number of benzene rings is 3. The second kappa shape index (κ2) is 11.4. The van der Waals surface area contributed by atoms with Crippen molar-refractivity contribution in [3.63, 3.8) is 0 Å². The van der Waals surface area contributed by atoms with Gasteiger partial charge in [0.05, 0.1) is 0 Å². The first-order chi connectivity index (χ1) is 18.2. The van der Waals surface area contributed by atoms with E-state index in [1.807, 2.05) is 60.9 Å². The molecule has 1 aliphatic carbocycles. The summed E-state index contributed by atoms with van der Waals surface area (Å²) in [5, 5.41) is 0. The molecule has 0 N–H and O–H groups in total. The summed E-state index contributed by atoms with van der Waals surface area (Å²) >= 11 is 0. The van der Waals surface area contributed by atoms with Crippen molar-refractivity contribution < 1.29 is 20.1 Å². The number of pyridine rings is 2. The smallest absolute Gasteiger partial charge is 0.0163 e. The second-order valence-electron chi connectivity index (χ2n) is 11.1. The molecule has 0 spiro atoms. The third kappa shape index (κ3) is 5.26. The minimum Gasteiger partial charge on any atom is -0.305 e. The fourth-order valence-electron chi connectivity index (χ4n) is 5.28. The third-order valence-corrected chi connectivity index (χ3v) is 8.46. The summed E-state index contributed by atoms with van der Waals surface area (Å²) in [5.74, 6) is 0. The van der Waals surface area contributed by atoms with Gasteiger partial charge in [-0.05, 0) is 59.3 Å². The molecule has 2 nitrogen and oxygen atoms in total. The van der Waals surface area contributed by atoms with Crippen molar-refractivity contribution in [3.05, 3.63) is 132 Å². The maximum atomic E-state index is 4.49. The van der Waals surface area contributed by atoms with Crippen LogP contribution in [0.25, 0.3) is 33.6 Å². The van der Waals surface area contributed by atoms with Gasteiger partial charge in [-0.3, -0.25) is 0 Å². The van der Waals surface area contributed by atoms with E-state index in [9.17, 15) is 0 Å². The molecule has 2 heterocycles. The maximum absolute atomic E-state index is 4.49. The number of hydrogen-bond acceptors (Lipinski definition) is 2. The Bertz CT molecular complexity index is 1570. The Morgan fingerprint density at radius 2 is 1.36 bits per heavy atom. The van der Waals surface area contributed by atoms with Gasteiger partial charge >= 0.3 is 0 Å². The minimum atomic E-state index is 0. The van der Waals surface area contributed by atoms with Gasteiger partial charge in [0.15, 0.2) is 0 Å². The Balaban J connectivity index is 0.000000202. The molecule has 1 aliphatic rings. The molecule has 0 aliphatic heterocycles. The molecule has 0 fully saturated rings. The largest absolute Gasteiger partial charge is 0.305 e. The first-order valence-electron chi connectivity index (χ1n) is 13.2. The van der Waals surface area contributed by atoms with Crippen molar-refractivity contribution in [3.8, 4) is 33.6 Å². The van der Waals surface area contributed by atoms with E-state index in [2.05, 4.69) is 100 Å². The monoisotopic (exact) mass is 687 g/mol. The topological polar surface area (TPSA) is 25.8 Å². The number of rotatable bonds is 2. The standard InChI is InChI=1S/C23H22N.C13H12N.Ir/c1-22(2)19-10-6-5-9-17(19)18-15-16(21-11-7-8-14-24-21)12-13-20(18)23(22,3)4;1-10-8-9-14-13(11(10)2)12-6-4-3-5-7-12;/h5-11,13-15H,1-4H3;3-6,8-9H,1-2H3;/q2*-1;. The first kappa shape index (κ1) is 28.6. The van der Waals surface area contributed by atoms with Crippen LogP contribution >= 0.6 is 0 Å². The second-order valence-corrected chi connectivity index (χ2v) is 11.1. The summed E-state index contributed by atoms with van der Waals surface area (Å²) in [6.45, 7) is 13.6. The molecule has 0 saturated heterocycles. The molecule has 0 amide bonds. The summed E-state index contributed by atoms with van der Waals surface area (Å²) in [6.07, 6.45) is 3.68. The zero-order chi connectivity index (χ0) is 26.9. The van der Waals surface area contributed by atoms with Crippen LogP contribution in [0.3, 0.4) is 0 Å². The average molecular weight is 687 g/mol. The zero-order valence-corrected chi connectivity index (χ0v) is 25.9. The van der Waals surface area contributed by atoms with E-state index in [1.54, 1.807) is 0 Å². The van der Waals surface area contributed by atoms with Crippen LogP contribution in [0, 0.1) is 26.0 Å². The molecule has 3 aromatic carbocycles. The molecule has 6 rings (SSSR count). The van der Waals surface area contributed by atoms with Gasteiger partial charge in [-0.2, -0.15) is 0 Å². The van der Waals surface area contributed by atoms with Gasteiger partial charge in [0.2, 0.25) is 0 Å². The SMILES string of the molecule is CC1(C)c2c[c-]c(-c3ccccn3)cc2-c2ccccc2C1(C)C.Cc1ccnc(-c2[c-]cccc2)c1C.[Ir]. The Morgan fingerprint density at radius 3 is 2.08 bits per heavy atom. The summed E-state index contributed by atoms with van der Waals surface area (Å²) in [7, 11) is 0. The van der Waals surface area contributed by atoms with Gasteiger partial charge < -0.3 is 9.97 Å². The first-order valence-corrected chi connectivity index (χ1v) is 13.2. The van der Waals surface area contributed by atoms with Crippen molar-refractivity contribution in [2.75, 3.05) is 0 Å². The van der Waals surface area contributed by atoms with Crippen LogP contribution < -0.4 is 0 Å². The minimum absolute atomic E-state index is 0. The molecule has 0 bridgehead atoms. The summed E-state index contributed by atoms with van der Waals surface area (Å²) in [6, 6.07) is 35.9. The molecule has 1 radical (unpaired) electrons. The van der Waals surface area contributed by atoms with E-state index in [1.165, 1.54) is 33.4 Å². The number of aryl methyl sites for hydroxylation is 1. The summed E-state index contributed by atoms with van der Waals surface area (Å²) in [5.41, 5.74) is 12.2. The molecule has 5 aromatic rings. The van der Waals surface area contributed by atoms with Crippen molar-refractivity contribution in [1.29, 1.82) is 0 Å². The number of hydrogen-bond donors (Lipinski definition) is 0. The van der Waals surface area contributed by atoms with E-state index >= 15 is 0 Å². The Hall–Kier alpha value is -3.39. The van der Waals surface area contributed by atoms with E-state index < -0.39 is 0 Å². The van der Waals surface area contributed by atoms with Gasteiger partial charge in [-0.1, -0.05) is 80.8 Å². The van der Waals surface area contributed by atoms with Gasteiger partial charge in [0.25, 0.3) is 0 Å². The van der Waals surface area contributed by atoms with Crippen LogP contribution in [0.1, 0.15) is 49.9 Å². The maximum Gasteiger partial charge on any atom is 0.0163 e. The van der Waals surface area contributed by atoms with E-state index in [-0.39, 0.29) is 30.9 Å². The normalized spacial score (nSPS) is 14.1. The molecular weight excluding hydrogens is 653 g/mol. The van der Waals surface area contributed by atoms with Crippen LogP contribution in [0.4, 0.5) is 0 Å². The van der Waals surface area contributed by atoms with Crippen molar-refractivity contribution in [2.45, 2.75) is 52.4 Å². The summed E-state index contributed by atoms with van der Waals surface area (Å²) < 4.78 is 0.